The Hall–Kier alpha value is -1.21. The van der Waals surface area contributed by atoms with Gasteiger partial charge in [0.25, 0.3) is 0 Å². The molecule has 0 aromatic heterocycles. The SMILES string of the molecule is C=CCOC(=O)C1(C)CCCOC1=O.C=CC[C@@](C)(CO)CCCO.C[P+](=O)CS. The van der Waals surface area contributed by atoms with Gasteiger partial charge in [-0.25, -0.2) is 0 Å². The zero-order valence-corrected chi connectivity index (χ0v) is 20.3. The summed E-state index contributed by atoms with van der Waals surface area (Å²) in [6.45, 7) is 13.2. The zero-order valence-electron chi connectivity index (χ0n) is 18.5. The molecular formula is C21H38O7PS+. The second-order valence-corrected chi connectivity index (χ2v) is 9.90. The molecule has 2 unspecified atom stereocenters. The van der Waals surface area contributed by atoms with E-state index in [0.717, 1.165) is 19.3 Å². The van der Waals surface area contributed by atoms with Crippen LogP contribution in [0.2, 0.25) is 0 Å². The van der Waals surface area contributed by atoms with Crippen LogP contribution in [-0.4, -0.2) is 60.7 Å². The van der Waals surface area contributed by atoms with Crippen molar-refractivity contribution in [1.29, 1.82) is 0 Å². The standard InChI is InChI=1S/C10H14O4.C9H18O2.C2H5OPS/c1-3-6-13-8(11)10(2)5-4-7-14-9(10)12;1-3-5-9(2,8-11)6-4-7-10;1-4(3)2-5/h3H,1,4-7H2,2H3;3,10-11H,1,4-8H2,2H3;2H2,1H3/p+1/t;9-;/m.1./s1. The van der Waals surface area contributed by atoms with E-state index in [4.69, 9.17) is 19.7 Å². The number of aliphatic hydroxyl groups is 2. The number of thiol groups is 1. The van der Waals surface area contributed by atoms with Crippen molar-refractivity contribution < 1.29 is 33.8 Å². The van der Waals surface area contributed by atoms with Crippen LogP contribution in [-0.2, 0) is 23.6 Å². The molecule has 0 saturated carbocycles. The Bertz CT molecular complexity index is 555. The van der Waals surface area contributed by atoms with E-state index in [2.05, 4.69) is 25.8 Å². The van der Waals surface area contributed by atoms with Gasteiger partial charge < -0.3 is 19.7 Å². The number of esters is 2. The summed E-state index contributed by atoms with van der Waals surface area (Å²) in [7, 11) is -0.984. The molecule has 3 atom stereocenters. The topological polar surface area (TPSA) is 110 Å². The van der Waals surface area contributed by atoms with Gasteiger partial charge in [-0.05, 0) is 44.4 Å². The molecule has 1 fully saturated rings. The lowest BCUT2D eigenvalue weighted by Gasteiger charge is -2.28. The third-order valence-electron chi connectivity index (χ3n) is 4.44. The quantitative estimate of drug-likeness (QED) is 0.148. The van der Waals surface area contributed by atoms with Crippen LogP contribution in [0, 0.1) is 10.8 Å². The van der Waals surface area contributed by atoms with Crippen LogP contribution in [0.3, 0.4) is 0 Å². The fourth-order valence-electron chi connectivity index (χ4n) is 2.43. The normalized spacial score (nSPS) is 20.1. The third-order valence-corrected chi connectivity index (χ3v) is 6.04. The molecule has 0 bridgehead atoms. The molecular weight excluding hydrogens is 427 g/mol. The molecule has 0 aliphatic carbocycles. The summed E-state index contributed by atoms with van der Waals surface area (Å²) >= 11 is 3.73. The van der Waals surface area contributed by atoms with Crippen LogP contribution >= 0.6 is 20.4 Å². The number of allylic oxidation sites excluding steroid dienone is 1. The Balaban J connectivity index is 0. The maximum Gasteiger partial charge on any atom is 0.345 e. The highest BCUT2D eigenvalue weighted by molar-refractivity contribution is 7.87. The van der Waals surface area contributed by atoms with Gasteiger partial charge in [-0.2, -0.15) is 0 Å². The molecule has 0 aromatic rings. The molecule has 1 rings (SSSR count). The number of hydrogen-bond donors (Lipinski definition) is 3. The highest BCUT2D eigenvalue weighted by Gasteiger charge is 2.45. The van der Waals surface area contributed by atoms with Crippen molar-refractivity contribution in [1.82, 2.24) is 0 Å². The monoisotopic (exact) mass is 465 g/mol. The first-order valence-corrected chi connectivity index (χ1v) is 12.4. The summed E-state index contributed by atoms with van der Waals surface area (Å²) in [5, 5.41) is 17.6. The second kappa shape index (κ2) is 17.5. The molecule has 9 heteroatoms. The summed E-state index contributed by atoms with van der Waals surface area (Å²) in [6.07, 6.45) is 6.89. The van der Waals surface area contributed by atoms with Gasteiger partial charge in [0.05, 0.1) is 6.61 Å². The van der Waals surface area contributed by atoms with Crippen molar-refractivity contribution in [3.63, 3.8) is 0 Å². The lowest BCUT2D eigenvalue weighted by atomic mass is 9.83. The van der Waals surface area contributed by atoms with Crippen LogP contribution in [0.5, 0.6) is 0 Å². The van der Waals surface area contributed by atoms with Gasteiger partial charge in [0.2, 0.25) is 0 Å². The molecule has 0 aromatic carbocycles. The lowest BCUT2D eigenvalue weighted by molar-refractivity contribution is -0.175. The Morgan fingerprint density at radius 3 is 2.40 bits per heavy atom. The maximum atomic E-state index is 11.5. The average molecular weight is 466 g/mol. The predicted octanol–water partition coefficient (Wildman–Crippen LogP) is 3.72. The molecule has 7 nitrogen and oxygen atoms in total. The summed E-state index contributed by atoms with van der Waals surface area (Å²) in [6, 6.07) is 0. The van der Waals surface area contributed by atoms with Crippen molar-refractivity contribution in [3.8, 4) is 0 Å². The highest BCUT2D eigenvalue weighted by Crippen LogP contribution is 2.30. The average Bonchev–Trinajstić information content (AvgIpc) is 2.73. The second-order valence-electron chi connectivity index (χ2n) is 7.52. The maximum absolute atomic E-state index is 11.5. The summed E-state index contributed by atoms with van der Waals surface area (Å²) < 4.78 is 19.6. The minimum absolute atomic E-state index is 0.0789. The van der Waals surface area contributed by atoms with E-state index in [0.29, 0.717) is 24.9 Å². The van der Waals surface area contributed by atoms with Gasteiger partial charge in [0.1, 0.15) is 13.3 Å². The molecule has 0 amide bonds. The summed E-state index contributed by atoms with van der Waals surface area (Å²) in [5.41, 5.74) is -0.693. The van der Waals surface area contributed by atoms with Crippen molar-refractivity contribution in [2.75, 3.05) is 38.6 Å². The van der Waals surface area contributed by atoms with E-state index in [9.17, 15) is 14.2 Å². The van der Waals surface area contributed by atoms with Gasteiger partial charge in [-0.3, -0.25) is 9.59 Å². The Morgan fingerprint density at radius 2 is 2.00 bits per heavy atom. The number of ether oxygens (including phenoxy) is 2. The lowest BCUT2D eigenvalue weighted by Crippen LogP contribution is -2.42. The van der Waals surface area contributed by atoms with Crippen LogP contribution in [0.1, 0.15) is 46.0 Å². The molecule has 2 N–H and O–H groups in total. The molecule has 1 heterocycles. The van der Waals surface area contributed by atoms with Gasteiger partial charge in [0.15, 0.2) is 10.9 Å². The first-order valence-electron chi connectivity index (χ1n) is 9.84. The summed E-state index contributed by atoms with van der Waals surface area (Å²) in [5.74, 6) is -1.01. The number of hydrogen-bond acceptors (Lipinski definition) is 8. The highest BCUT2D eigenvalue weighted by atomic mass is 32.1. The van der Waals surface area contributed by atoms with E-state index in [-0.39, 0.29) is 25.2 Å². The first kappa shape index (κ1) is 31.0. The minimum atomic E-state index is -1.12. The number of cyclic esters (lactones) is 1. The van der Waals surface area contributed by atoms with Gasteiger partial charge >= 0.3 is 19.7 Å². The Labute approximate surface area is 187 Å². The van der Waals surface area contributed by atoms with Crippen LogP contribution < -0.4 is 0 Å². The number of aliphatic hydroxyl groups excluding tert-OH is 2. The van der Waals surface area contributed by atoms with E-state index in [1.165, 1.54) is 6.08 Å². The molecule has 30 heavy (non-hydrogen) atoms. The molecule has 1 saturated heterocycles. The molecule has 1 aliphatic rings. The van der Waals surface area contributed by atoms with Crippen molar-refractivity contribution >= 4 is 32.4 Å². The number of carbonyl (C=O) groups is 2. The molecule has 1 aliphatic heterocycles. The van der Waals surface area contributed by atoms with E-state index in [1.54, 1.807) is 13.6 Å². The first-order chi connectivity index (χ1) is 14.1. The fourth-order valence-corrected chi connectivity index (χ4v) is 2.43. The summed E-state index contributed by atoms with van der Waals surface area (Å²) in [4.78, 5) is 22.9. The largest absolute Gasteiger partial charge is 0.465 e. The molecule has 174 valence electrons. The van der Waals surface area contributed by atoms with Crippen LogP contribution in [0.4, 0.5) is 0 Å². The van der Waals surface area contributed by atoms with Crippen LogP contribution in [0.15, 0.2) is 25.3 Å². The van der Waals surface area contributed by atoms with Crippen molar-refractivity contribution in [3.05, 3.63) is 25.3 Å². The number of rotatable bonds is 10. The van der Waals surface area contributed by atoms with E-state index >= 15 is 0 Å². The Morgan fingerprint density at radius 1 is 1.40 bits per heavy atom. The van der Waals surface area contributed by atoms with Gasteiger partial charge in [0, 0.05) is 13.2 Å². The minimum Gasteiger partial charge on any atom is -0.465 e. The molecule has 0 spiro atoms. The van der Waals surface area contributed by atoms with Gasteiger partial charge in [-0.15, -0.1) is 19.2 Å². The van der Waals surface area contributed by atoms with E-state index < -0.39 is 25.2 Å². The van der Waals surface area contributed by atoms with E-state index in [1.807, 2.05) is 13.0 Å². The fraction of sp³-hybridized carbons (Fsp3) is 0.714. The number of carbonyl (C=O) groups excluding carboxylic acids is 2. The molecule has 0 radical (unpaired) electrons. The van der Waals surface area contributed by atoms with Crippen molar-refractivity contribution in [2.24, 2.45) is 10.8 Å². The predicted molar refractivity (Wildman–Crippen MR) is 123 cm³/mol. The zero-order chi connectivity index (χ0) is 23.6. The Kier molecular flexibility index (Phi) is 18.0. The third kappa shape index (κ3) is 13.2. The van der Waals surface area contributed by atoms with Crippen molar-refractivity contribution in [2.45, 2.75) is 46.0 Å². The van der Waals surface area contributed by atoms with Gasteiger partial charge in [-0.1, -0.05) is 30.2 Å². The smallest absolute Gasteiger partial charge is 0.345 e. The van der Waals surface area contributed by atoms with Crippen LogP contribution in [0.25, 0.3) is 0 Å².